The van der Waals surface area contributed by atoms with Crippen LogP contribution in [0.1, 0.15) is 42.7 Å². The lowest BCUT2D eigenvalue weighted by Crippen LogP contribution is -2.37. The van der Waals surface area contributed by atoms with Crippen molar-refractivity contribution in [2.24, 2.45) is 5.41 Å². The van der Waals surface area contributed by atoms with Gasteiger partial charge in [-0.25, -0.2) is 4.98 Å². The van der Waals surface area contributed by atoms with Crippen LogP contribution in [0.3, 0.4) is 0 Å². The topological polar surface area (TPSA) is 28.2 Å². The number of hydrogen-bond acceptors (Lipinski definition) is 4. The third-order valence-electron chi connectivity index (χ3n) is 5.89. The van der Waals surface area contributed by atoms with E-state index < -0.39 is 0 Å². The minimum absolute atomic E-state index is 0.561. The summed E-state index contributed by atoms with van der Waals surface area (Å²) >= 11 is 1.79. The standard InChI is InChI=1S/C20H27N3S/c1-16(17-5-3-2-4-6-17)14-23(15-19-22-11-12-24-19)18-13-20(18)7-9-21-10-8-20/h2-6,11-12,16,18,21H,7-10,13-15H2,1H3. The van der Waals surface area contributed by atoms with E-state index in [0.29, 0.717) is 11.3 Å². The summed E-state index contributed by atoms with van der Waals surface area (Å²) < 4.78 is 0. The van der Waals surface area contributed by atoms with Gasteiger partial charge in [-0.3, -0.25) is 4.90 Å². The molecule has 4 rings (SSSR count). The van der Waals surface area contributed by atoms with Gasteiger partial charge in [-0.15, -0.1) is 11.3 Å². The Labute approximate surface area is 149 Å². The van der Waals surface area contributed by atoms with Crippen molar-refractivity contribution in [2.75, 3.05) is 19.6 Å². The number of thiazole rings is 1. The molecule has 2 aromatic rings. The number of hydrogen-bond donors (Lipinski definition) is 1. The van der Waals surface area contributed by atoms with E-state index in [-0.39, 0.29) is 0 Å². The summed E-state index contributed by atoms with van der Waals surface area (Å²) in [5, 5.41) is 6.88. The van der Waals surface area contributed by atoms with Crippen LogP contribution in [0.5, 0.6) is 0 Å². The number of rotatable bonds is 6. The second-order valence-corrected chi connectivity index (χ2v) is 8.48. The summed E-state index contributed by atoms with van der Waals surface area (Å²) in [7, 11) is 0. The first-order chi connectivity index (χ1) is 11.8. The largest absolute Gasteiger partial charge is 0.317 e. The lowest BCUT2D eigenvalue weighted by molar-refractivity contribution is 0.187. The monoisotopic (exact) mass is 341 g/mol. The van der Waals surface area contributed by atoms with E-state index >= 15 is 0 Å². The average molecular weight is 342 g/mol. The molecule has 1 aromatic carbocycles. The Balaban J connectivity index is 1.48. The number of benzene rings is 1. The van der Waals surface area contributed by atoms with Crippen LogP contribution < -0.4 is 5.32 Å². The Bertz CT molecular complexity index is 634. The Morgan fingerprint density at radius 1 is 1.29 bits per heavy atom. The van der Waals surface area contributed by atoms with E-state index in [1.165, 1.54) is 42.9 Å². The van der Waals surface area contributed by atoms with Crippen LogP contribution in [-0.4, -0.2) is 35.6 Å². The van der Waals surface area contributed by atoms with Gasteiger partial charge >= 0.3 is 0 Å². The Hall–Kier alpha value is -1.23. The van der Waals surface area contributed by atoms with Crippen LogP contribution in [0, 0.1) is 5.41 Å². The van der Waals surface area contributed by atoms with Crippen LogP contribution in [0.25, 0.3) is 0 Å². The predicted molar refractivity (Wildman–Crippen MR) is 100 cm³/mol. The van der Waals surface area contributed by atoms with Gasteiger partial charge in [-0.2, -0.15) is 0 Å². The maximum Gasteiger partial charge on any atom is 0.107 e. The molecule has 1 saturated heterocycles. The van der Waals surface area contributed by atoms with Crippen molar-refractivity contribution >= 4 is 11.3 Å². The van der Waals surface area contributed by atoms with Gasteiger partial charge < -0.3 is 5.32 Å². The molecule has 0 amide bonds. The molecular weight excluding hydrogens is 314 g/mol. The molecule has 1 aliphatic heterocycles. The molecular formula is C20H27N3S. The van der Waals surface area contributed by atoms with Crippen molar-refractivity contribution in [1.29, 1.82) is 0 Å². The maximum absolute atomic E-state index is 4.54. The smallest absolute Gasteiger partial charge is 0.107 e. The van der Waals surface area contributed by atoms with E-state index in [2.05, 4.69) is 57.8 Å². The van der Waals surface area contributed by atoms with Gasteiger partial charge in [0.15, 0.2) is 0 Å². The normalized spacial score (nSPS) is 23.5. The Morgan fingerprint density at radius 2 is 2.08 bits per heavy atom. The van der Waals surface area contributed by atoms with Crippen LogP contribution in [-0.2, 0) is 6.54 Å². The molecule has 1 aromatic heterocycles. The van der Waals surface area contributed by atoms with E-state index in [1.807, 2.05) is 6.20 Å². The van der Waals surface area contributed by atoms with Crippen LogP contribution in [0.2, 0.25) is 0 Å². The van der Waals surface area contributed by atoms with Crippen molar-refractivity contribution in [1.82, 2.24) is 15.2 Å². The lowest BCUT2D eigenvalue weighted by atomic mass is 9.93. The predicted octanol–water partition coefficient (Wildman–Crippen LogP) is 3.89. The average Bonchev–Trinajstić information content (AvgIpc) is 3.06. The van der Waals surface area contributed by atoms with Gasteiger partial charge in [0.2, 0.25) is 0 Å². The number of nitrogens with one attached hydrogen (secondary N) is 1. The summed E-state index contributed by atoms with van der Waals surface area (Å²) in [4.78, 5) is 7.27. The van der Waals surface area contributed by atoms with E-state index in [9.17, 15) is 0 Å². The lowest BCUT2D eigenvalue weighted by Gasteiger charge is -2.31. The quantitative estimate of drug-likeness (QED) is 0.864. The zero-order valence-electron chi connectivity index (χ0n) is 14.4. The van der Waals surface area contributed by atoms with Crippen molar-refractivity contribution < 1.29 is 0 Å². The first-order valence-electron chi connectivity index (χ1n) is 9.15. The van der Waals surface area contributed by atoms with Crippen LogP contribution >= 0.6 is 11.3 Å². The number of aromatic nitrogens is 1. The molecule has 128 valence electrons. The highest BCUT2D eigenvalue weighted by atomic mass is 32.1. The first-order valence-corrected chi connectivity index (χ1v) is 10.0. The molecule has 2 fully saturated rings. The molecule has 1 N–H and O–H groups in total. The number of nitrogens with zero attached hydrogens (tertiary/aromatic N) is 2. The zero-order valence-corrected chi connectivity index (χ0v) is 15.3. The summed E-state index contributed by atoms with van der Waals surface area (Å²) in [5.41, 5.74) is 2.03. The summed E-state index contributed by atoms with van der Waals surface area (Å²) in [5.74, 6) is 0.561. The Morgan fingerprint density at radius 3 is 2.79 bits per heavy atom. The third-order valence-corrected chi connectivity index (χ3v) is 6.65. The minimum Gasteiger partial charge on any atom is -0.317 e. The molecule has 1 saturated carbocycles. The first kappa shape index (κ1) is 16.2. The van der Waals surface area contributed by atoms with Crippen molar-refractivity contribution in [3.8, 4) is 0 Å². The summed E-state index contributed by atoms with van der Waals surface area (Å²) in [6.45, 7) is 6.88. The van der Waals surface area contributed by atoms with Crippen molar-refractivity contribution in [3.63, 3.8) is 0 Å². The molecule has 24 heavy (non-hydrogen) atoms. The van der Waals surface area contributed by atoms with E-state index in [4.69, 9.17) is 0 Å². The van der Waals surface area contributed by atoms with Crippen molar-refractivity contribution in [3.05, 3.63) is 52.5 Å². The van der Waals surface area contributed by atoms with Crippen molar-refractivity contribution in [2.45, 2.75) is 44.7 Å². The molecule has 0 radical (unpaired) electrons. The molecule has 2 atom stereocenters. The highest BCUT2D eigenvalue weighted by Gasteiger charge is 2.56. The van der Waals surface area contributed by atoms with Gasteiger partial charge in [-0.05, 0) is 49.2 Å². The Kier molecular flexibility index (Phi) is 4.70. The third kappa shape index (κ3) is 3.41. The molecule has 1 spiro atoms. The second-order valence-electron chi connectivity index (χ2n) is 7.50. The van der Waals surface area contributed by atoms with Gasteiger partial charge in [0.1, 0.15) is 5.01 Å². The van der Waals surface area contributed by atoms with Gasteiger partial charge in [-0.1, -0.05) is 37.3 Å². The highest BCUT2D eigenvalue weighted by molar-refractivity contribution is 7.09. The van der Waals surface area contributed by atoms with Gasteiger partial charge in [0, 0.05) is 24.2 Å². The van der Waals surface area contributed by atoms with Crippen LogP contribution in [0.15, 0.2) is 41.9 Å². The molecule has 4 heteroatoms. The maximum atomic E-state index is 4.54. The molecule has 1 aliphatic carbocycles. The fraction of sp³-hybridized carbons (Fsp3) is 0.550. The molecule has 2 unspecified atom stereocenters. The van der Waals surface area contributed by atoms with E-state index in [0.717, 1.165) is 19.1 Å². The summed E-state index contributed by atoms with van der Waals surface area (Å²) in [6, 6.07) is 11.7. The van der Waals surface area contributed by atoms with Gasteiger partial charge in [0.25, 0.3) is 0 Å². The zero-order chi connectivity index (χ0) is 16.4. The molecule has 2 aliphatic rings. The van der Waals surface area contributed by atoms with Gasteiger partial charge in [0.05, 0.1) is 6.54 Å². The SMILES string of the molecule is CC(CN(Cc1nccs1)C1CC12CCNCC2)c1ccccc1. The summed E-state index contributed by atoms with van der Waals surface area (Å²) in [6.07, 6.45) is 5.99. The minimum atomic E-state index is 0.561. The fourth-order valence-electron chi connectivity index (χ4n) is 4.35. The fourth-order valence-corrected chi connectivity index (χ4v) is 4.99. The van der Waals surface area contributed by atoms with E-state index in [1.54, 1.807) is 11.3 Å². The van der Waals surface area contributed by atoms with Crippen LogP contribution in [0.4, 0.5) is 0 Å². The molecule has 0 bridgehead atoms. The second kappa shape index (κ2) is 6.95. The molecule has 2 heterocycles. The number of piperidine rings is 1. The molecule has 3 nitrogen and oxygen atoms in total. The highest BCUT2D eigenvalue weighted by Crippen LogP contribution is 2.56.